The summed E-state index contributed by atoms with van der Waals surface area (Å²) in [5.41, 5.74) is 0. The van der Waals surface area contributed by atoms with Crippen LogP contribution in [-0.4, -0.2) is 36.6 Å². The first-order chi connectivity index (χ1) is 8.83. The van der Waals surface area contributed by atoms with Crippen molar-refractivity contribution in [3.63, 3.8) is 0 Å². The van der Waals surface area contributed by atoms with E-state index in [0.29, 0.717) is 0 Å². The zero-order valence-electron chi connectivity index (χ0n) is 10.8. The van der Waals surface area contributed by atoms with E-state index in [1.165, 1.54) is 30.3 Å². The van der Waals surface area contributed by atoms with Crippen molar-refractivity contribution in [2.24, 2.45) is 5.92 Å². The van der Waals surface area contributed by atoms with Crippen LogP contribution in [0.2, 0.25) is 0 Å². The van der Waals surface area contributed by atoms with Gasteiger partial charge in [0.05, 0.1) is 0 Å². The number of pyridine rings is 1. The number of hydrogen-bond donors (Lipinski definition) is 1. The highest BCUT2D eigenvalue weighted by Gasteiger charge is 2.19. The second kappa shape index (κ2) is 4.94. The minimum Gasteiger partial charge on any atom is -0.369 e. The number of benzene rings is 1. The molecule has 94 valence electrons. The Hall–Kier alpha value is -1.61. The molecule has 1 aromatic heterocycles. The van der Waals surface area contributed by atoms with Crippen LogP contribution in [0.4, 0.5) is 5.82 Å². The summed E-state index contributed by atoms with van der Waals surface area (Å²) >= 11 is 0. The van der Waals surface area contributed by atoms with Crippen LogP contribution in [0.15, 0.2) is 36.5 Å². The van der Waals surface area contributed by atoms with Gasteiger partial charge in [-0.25, -0.2) is 4.98 Å². The van der Waals surface area contributed by atoms with E-state index in [-0.39, 0.29) is 0 Å². The highest BCUT2D eigenvalue weighted by Crippen LogP contribution is 2.21. The van der Waals surface area contributed by atoms with E-state index in [0.717, 1.165) is 18.3 Å². The molecule has 0 amide bonds. The van der Waals surface area contributed by atoms with Crippen LogP contribution in [0.5, 0.6) is 0 Å². The minimum absolute atomic E-state index is 0.746. The number of likely N-dealkylation sites (tertiary alicyclic amines) is 1. The molecule has 2 heterocycles. The summed E-state index contributed by atoms with van der Waals surface area (Å²) in [6.45, 7) is 3.43. The van der Waals surface area contributed by atoms with Crippen LogP contribution in [0.25, 0.3) is 10.8 Å². The van der Waals surface area contributed by atoms with Crippen molar-refractivity contribution in [1.29, 1.82) is 0 Å². The van der Waals surface area contributed by atoms with Crippen LogP contribution < -0.4 is 5.32 Å². The molecular formula is C15H19N3. The van der Waals surface area contributed by atoms with E-state index in [4.69, 9.17) is 0 Å². The normalized spacial score (nSPS) is 20.4. The number of rotatable bonds is 3. The molecule has 0 radical (unpaired) electrons. The molecule has 1 fully saturated rings. The molecule has 3 heteroatoms. The van der Waals surface area contributed by atoms with Gasteiger partial charge < -0.3 is 10.2 Å². The number of fused-ring (bicyclic) bond motifs is 1. The van der Waals surface area contributed by atoms with Crippen molar-refractivity contribution in [2.75, 3.05) is 32.0 Å². The van der Waals surface area contributed by atoms with Crippen molar-refractivity contribution in [3.05, 3.63) is 36.5 Å². The van der Waals surface area contributed by atoms with Crippen LogP contribution in [-0.2, 0) is 0 Å². The predicted octanol–water partition coefficient (Wildman–Crippen LogP) is 2.60. The van der Waals surface area contributed by atoms with Gasteiger partial charge in [0.2, 0.25) is 0 Å². The number of anilines is 1. The Kier molecular flexibility index (Phi) is 3.15. The van der Waals surface area contributed by atoms with Crippen LogP contribution in [0, 0.1) is 5.92 Å². The van der Waals surface area contributed by atoms with Gasteiger partial charge >= 0.3 is 0 Å². The molecule has 2 aromatic rings. The molecule has 0 bridgehead atoms. The number of aromatic nitrogens is 1. The zero-order valence-corrected chi connectivity index (χ0v) is 10.8. The lowest BCUT2D eigenvalue weighted by Crippen LogP contribution is -2.19. The fourth-order valence-electron chi connectivity index (χ4n) is 2.69. The molecule has 1 aromatic carbocycles. The molecular weight excluding hydrogens is 222 g/mol. The highest BCUT2D eigenvalue weighted by molar-refractivity contribution is 5.91. The lowest BCUT2D eigenvalue weighted by Gasteiger charge is -2.13. The second-order valence-corrected chi connectivity index (χ2v) is 5.18. The summed E-state index contributed by atoms with van der Waals surface area (Å²) in [5.74, 6) is 1.76. The minimum atomic E-state index is 0.746. The number of hydrogen-bond acceptors (Lipinski definition) is 3. The summed E-state index contributed by atoms with van der Waals surface area (Å²) in [5, 5.41) is 5.98. The third kappa shape index (κ3) is 2.31. The van der Waals surface area contributed by atoms with Gasteiger partial charge in [-0.05, 0) is 37.4 Å². The van der Waals surface area contributed by atoms with Crippen LogP contribution in [0.3, 0.4) is 0 Å². The fourth-order valence-corrected chi connectivity index (χ4v) is 2.69. The predicted molar refractivity (Wildman–Crippen MR) is 75.8 cm³/mol. The maximum absolute atomic E-state index is 4.46. The lowest BCUT2D eigenvalue weighted by molar-refractivity contribution is 0.399. The maximum atomic E-state index is 4.46. The molecule has 1 atom stereocenters. The van der Waals surface area contributed by atoms with Crippen molar-refractivity contribution >= 4 is 16.6 Å². The first-order valence-corrected chi connectivity index (χ1v) is 6.59. The summed E-state index contributed by atoms with van der Waals surface area (Å²) in [4.78, 5) is 6.85. The van der Waals surface area contributed by atoms with E-state index in [2.05, 4.69) is 52.6 Å². The topological polar surface area (TPSA) is 28.2 Å². The molecule has 1 N–H and O–H groups in total. The molecule has 1 unspecified atom stereocenters. The first-order valence-electron chi connectivity index (χ1n) is 6.59. The monoisotopic (exact) mass is 241 g/mol. The largest absolute Gasteiger partial charge is 0.369 e. The van der Waals surface area contributed by atoms with Crippen molar-refractivity contribution in [2.45, 2.75) is 6.42 Å². The molecule has 1 saturated heterocycles. The Balaban J connectivity index is 1.74. The Labute approximate surface area is 108 Å². The van der Waals surface area contributed by atoms with Crippen LogP contribution in [0.1, 0.15) is 6.42 Å². The van der Waals surface area contributed by atoms with Gasteiger partial charge in [-0.3, -0.25) is 0 Å². The van der Waals surface area contributed by atoms with E-state index in [1.54, 1.807) is 0 Å². The second-order valence-electron chi connectivity index (χ2n) is 5.18. The van der Waals surface area contributed by atoms with Gasteiger partial charge in [0.1, 0.15) is 5.82 Å². The molecule has 0 saturated carbocycles. The number of nitrogens with one attached hydrogen (secondary N) is 1. The Morgan fingerprint density at radius 1 is 1.33 bits per heavy atom. The smallest absolute Gasteiger partial charge is 0.133 e. The highest BCUT2D eigenvalue weighted by atomic mass is 15.1. The van der Waals surface area contributed by atoms with E-state index in [9.17, 15) is 0 Å². The first kappa shape index (κ1) is 11.5. The van der Waals surface area contributed by atoms with Crippen molar-refractivity contribution in [1.82, 2.24) is 9.88 Å². The summed E-state index contributed by atoms with van der Waals surface area (Å²) in [7, 11) is 2.19. The molecule has 0 spiro atoms. The standard InChI is InChI=1S/C15H19N3/c1-18-9-7-12(11-18)10-17-15-14-5-3-2-4-13(14)6-8-16-15/h2-6,8,12H,7,9-11H2,1H3,(H,16,17). The zero-order chi connectivity index (χ0) is 12.4. The van der Waals surface area contributed by atoms with E-state index >= 15 is 0 Å². The van der Waals surface area contributed by atoms with Crippen LogP contribution >= 0.6 is 0 Å². The average Bonchev–Trinajstić information content (AvgIpc) is 2.82. The van der Waals surface area contributed by atoms with Crippen molar-refractivity contribution < 1.29 is 0 Å². The molecule has 18 heavy (non-hydrogen) atoms. The van der Waals surface area contributed by atoms with Gasteiger partial charge in [-0.15, -0.1) is 0 Å². The average molecular weight is 241 g/mol. The van der Waals surface area contributed by atoms with Gasteiger partial charge in [0, 0.05) is 24.7 Å². The van der Waals surface area contributed by atoms with Crippen molar-refractivity contribution in [3.8, 4) is 0 Å². The summed E-state index contributed by atoms with van der Waals surface area (Å²) in [6, 6.07) is 10.5. The SMILES string of the molecule is CN1CCC(CNc2nccc3ccccc23)C1. The Morgan fingerprint density at radius 3 is 3.06 bits per heavy atom. The fraction of sp³-hybridized carbons (Fsp3) is 0.400. The maximum Gasteiger partial charge on any atom is 0.133 e. The molecule has 1 aliphatic heterocycles. The van der Waals surface area contributed by atoms with E-state index in [1.807, 2.05) is 6.20 Å². The molecule has 1 aliphatic rings. The molecule has 0 aliphatic carbocycles. The van der Waals surface area contributed by atoms with Gasteiger partial charge in [0.15, 0.2) is 0 Å². The van der Waals surface area contributed by atoms with Gasteiger partial charge in [-0.2, -0.15) is 0 Å². The third-order valence-electron chi connectivity index (χ3n) is 3.72. The Morgan fingerprint density at radius 2 is 2.22 bits per heavy atom. The summed E-state index contributed by atoms with van der Waals surface area (Å²) in [6.07, 6.45) is 3.17. The molecule has 3 rings (SSSR count). The Bertz CT molecular complexity index is 533. The summed E-state index contributed by atoms with van der Waals surface area (Å²) < 4.78 is 0. The third-order valence-corrected chi connectivity index (χ3v) is 3.72. The quantitative estimate of drug-likeness (QED) is 0.895. The molecule has 3 nitrogen and oxygen atoms in total. The van der Waals surface area contributed by atoms with E-state index < -0.39 is 0 Å². The van der Waals surface area contributed by atoms with Gasteiger partial charge in [-0.1, -0.05) is 24.3 Å². The number of nitrogens with zero attached hydrogens (tertiary/aromatic N) is 2. The van der Waals surface area contributed by atoms with Gasteiger partial charge in [0.25, 0.3) is 0 Å². The lowest BCUT2D eigenvalue weighted by atomic mass is 10.1.